The Kier molecular flexibility index (Phi) is 5.10. The molecule has 0 aliphatic heterocycles. The molecule has 1 aromatic heterocycles. The molecule has 0 unspecified atom stereocenters. The van der Waals surface area contributed by atoms with Gasteiger partial charge in [0.1, 0.15) is 17.3 Å². The van der Waals surface area contributed by atoms with Gasteiger partial charge >= 0.3 is 0 Å². The van der Waals surface area contributed by atoms with Crippen molar-refractivity contribution in [2.75, 3.05) is 6.61 Å². The van der Waals surface area contributed by atoms with Gasteiger partial charge in [-0.3, -0.25) is 14.4 Å². The Labute approximate surface area is 129 Å². The molecule has 0 saturated heterocycles. The van der Waals surface area contributed by atoms with Gasteiger partial charge in [0.25, 0.3) is 5.91 Å². The average Bonchev–Trinajstić information content (AvgIpc) is 2.52. The van der Waals surface area contributed by atoms with Gasteiger partial charge in [-0.05, 0) is 38.1 Å². The van der Waals surface area contributed by atoms with Crippen LogP contribution in [0, 0.1) is 11.3 Å². The van der Waals surface area contributed by atoms with E-state index < -0.39 is 0 Å². The Morgan fingerprint density at radius 1 is 1.27 bits per heavy atom. The van der Waals surface area contributed by atoms with Crippen molar-refractivity contribution in [3.05, 3.63) is 59.7 Å². The minimum absolute atomic E-state index is 0.0849. The molecule has 2 aromatic rings. The molecule has 0 aliphatic carbocycles. The van der Waals surface area contributed by atoms with E-state index in [4.69, 9.17) is 10.00 Å². The Hall–Kier alpha value is -2.87. The zero-order chi connectivity index (χ0) is 15.9. The van der Waals surface area contributed by atoms with Gasteiger partial charge in [-0.15, -0.1) is 0 Å². The number of ether oxygens (including phenoxy) is 1. The van der Waals surface area contributed by atoms with Crippen molar-refractivity contribution < 1.29 is 9.53 Å². The average molecular weight is 295 g/mol. The number of rotatable bonds is 4. The van der Waals surface area contributed by atoms with E-state index in [1.165, 1.54) is 4.57 Å². The molecule has 0 saturated carbocycles. The fourth-order valence-electron chi connectivity index (χ4n) is 1.91. The first-order valence-corrected chi connectivity index (χ1v) is 6.98. The monoisotopic (exact) mass is 295 g/mol. The summed E-state index contributed by atoms with van der Waals surface area (Å²) in [6.07, 6.45) is 1.66. The van der Waals surface area contributed by atoms with Gasteiger partial charge in [0.05, 0.1) is 5.56 Å². The first-order valence-electron chi connectivity index (χ1n) is 6.98. The van der Waals surface area contributed by atoms with E-state index in [-0.39, 0.29) is 18.6 Å². The molecule has 0 radical (unpaired) electrons. The Bertz CT molecular complexity index is 770. The van der Waals surface area contributed by atoms with Crippen molar-refractivity contribution in [2.24, 2.45) is 4.99 Å². The summed E-state index contributed by atoms with van der Waals surface area (Å²) in [5.41, 5.74) is 0.986. The third kappa shape index (κ3) is 3.83. The summed E-state index contributed by atoms with van der Waals surface area (Å²) in [6.45, 7) is 3.73. The topological polar surface area (TPSA) is 67.4 Å². The van der Waals surface area contributed by atoms with Gasteiger partial charge in [-0.2, -0.15) is 5.26 Å². The number of pyridine rings is 1. The molecule has 5 heteroatoms. The number of carbonyl (C=O) groups is 1. The summed E-state index contributed by atoms with van der Waals surface area (Å²) in [7, 11) is 0. The van der Waals surface area contributed by atoms with Gasteiger partial charge < -0.3 is 4.74 Å². The standard InChI is InChI=1S/C17H17N3O2/c1-13(2)19-16-9-5-6-10-20(16)17(21)12-22-15-8-4-3-7-14(15)11-18/h3-10,13H,12H2,1-2H3. The number of nitrogens with zero attached hydrogens (tertiary/aromatic N) is 3. The van der Waals surface area contributed by atoms with Crippen LogP contribution < -0.4 is 10.2 Å². The maximum atomic E-state index is 12.3. The van der Waals surface area contributed by atoms with Crippen molar-refractivity contribution in [2.45, 2.75) is 19.9 Å². The van der Waals surface area contributed by atoms with Crippen LogP contribution in [0.4, 0.5) is 0 Å². The van der Waals surface area contributed by atoms with Gasteiger partial charge in [0, 0.05) is 12.2 Å². The second kappa shape index (κ2) is 7.23. The molecule has 0 spiro atoms. The predicted octanol–water partition coefficient (Wildman–Crippen LogP) is 2.39. The van der Waals surface area contributed by atoms with E-state index in [1.807, 2.05) is 26.0 Å². The van der Waals surface area contributed by atoms with E-state index in [9.17, 15) is 4.79 Å². The van der Waals surface area contributed by atoms with E-state index in [1.54, 1.807) is 42.6 Å². The Balaban J connectivity index is 2.19. The SMILES string of the molecule is CC(C)N=c1ccccn1C(=O)COc1ccccc1C#N. The molecule has 22 heavy (non-hydrogen) atoms. The largest absolute Gasteiger partial charge is 0.482 e. The minimum atomic E-state index is -0.243. The lowest BCUT2D eigenvalue weighted by atomic mass is 10.2. The van der Waals surface area contributed by atoms with Crippen LogP contribution in [0.3, 0.4) is 0 Å². The molecule has 1 aromatic carbocycles. The van der Waals surface area contributed by atoms with Gasteiger partial charge in [-0.25, -0.2) is 0 Å². The van der Waals surface area contributed by atoms with Crippen molar-refractivity contribution in [3.63, 3.8) is 0 Å². The highest BCUT2D eigenvalue weighted by atomic mass is 16.5. The summed E-state index contributed by atoms with van der Waals surface area (Å²) in [5, 5.41) is 9.01. The number of aromatic nitrogens is 1. The van der Waals surface area contributed by atoms with Crippen molar-refractivity contribution >= 4 is 5.91 Å². The first-order chi connectivity index (χ1) is 10.6. The predicted molar refractivity (Wildman–Crippen MR) is 82.4 cm³/mol. The summed E-state index contributed by atoms with van der Waals surface area (Å²) in [5.74, 6) is 0.157. The van der Waals surface area contributed by atoms with Crippen molar-refractivity contribution in [1.82, 2.24) is 4.57 Å². The van der Waals surface area contributed by atoms with Crippen LogP contribution in [0.1, 0.15) is 24.2 Å². The normalized spacial score (nSPS) is 11.3. The maximum Gasteiger partial charge on any atom is 0.270 e. The highest BCUT2D eigenvalue weighted by molar-refractivity contribution is 5.80. The van der Waals surface area contributed by atoms with E-state index in [2.05, 4.69) is 4.99 Å². The van der Waals surface area contributed by atoms with Crippen LogP contribution in [-0.2, 0) is 0 Å². The molecule has 0 amide bonds. The van der Waals surface area contributed by atoms with E-state index in [0.29, 0.717) is 16.8 Å². The molecule has 1 heterocycles. The summed E-state index contributed by atoms with van der Waals surface area (Å²) in [6, 6.07) is 14.3. The highest BCUT2D eigenvalue weighted by Crippen LogP contribution is 2.16. The Morgan fingerprint density at radius 3 is 2.73 bits per heavy atom. The zero-order valence-corrected chi connectivity index (χ0v) is 12.6. The number of para-hydroxylation sites is 1. The van der Waals surface area contributed by atoms with E-state index in [0.717, 1.165) is 0 Å². The smallest absolute Gasteiger partial charge is 0.270 e. The second-order valence-corrected chi connectivity index (χ2v) is 4.94. The van der Waals surface area contributed by atoms with Gasteiger partial charge in [0.15, 0.2) is 6.61 Å². The van der Waals surface area contributed by atoms with Crippen LogP contribution in [0.2, 0.25) is 0 Å². The maximum absolute atomic E-state index is 12.3. The minimum Gasteiger partial charge on any atom is -0.482 e. The number of hydrogen-bond acceptors (Lipinski definition) is 4. The fraction of sp³-hybridized carbons (Fsp3) is 0.235. The van der Waals surface area contributed by atoms with E-state index >= 15 is 0 Å². The number of nitriles is 1. The number of benzene rings is 1. The van der Waals surface area contributed by atoms with Crippen LogP contribution in [0.5, 0.6) is 5.75 Å². The molecule has 0 bridgehead atoms. The lowest BCUT2D eigenvalue weighted by Crippen LogP contribution is -2.31. The molecule has 0 atom stereocenters. The lowest BCUT2D eigenvalue weighted by molar-refractivity contribution is 0.0831. The molecule has 5 nitrogen and oxygen atoms in total. The molecule has 112 valence electrons. The number of hydrogen-bond donors (Lipinski definition) is 0. The summed E-state index contributed by atoms with van der Waals surface area (Å²) in [4.78, 5) is 16.7. The van der Waals surface area contributed by atoms with Gasteiger partial charge in [-0.1, -0.05) is 18.2 Å². The first kappa shape index (κ1) is 15.5. The molecular formula is C17H17N3O2. The fourth-order valence-corrected chi connectivity index (χ4v) is 1.91. The molecule has 2 rings (SSSR count). The lowest BCUT2D eigenvalue weighted by Gasteiger charge is -2.09. The van der Waals surface area contributed by atoms with Crippen molar-refractivity contribution in [1.29, 1.82) is 5.26 Å². The van der Waals surface area contributed by atoms with Crippen LogP contribution in [-0.4, -0.2) is 23.1 Å². The molecule has 0 N–H and O–H groups in total. The molecule has 0 fully saturated rings. The highest BCUT2D eigenvalue weighted by Gasteiger charge is 2.09. The quantitative estimate of drug-likeness (QED) is 0.869. The Morgan fingerprint density at radius 2 is 2.00 bits per heavy atom. The summed E-state index contributed by atoms with van der Waals surface area (Å²) < 4.78 is 6.92. The number of carbonyl (C=O) groups excluding carboxylic acids is 1. The van der Waals surface area contributed by atoms with Crippen molar-refractivity contribution in [3.8, 4) is 11.8 Å². The zero-order valence-electron chi connectivity index (χ0n) is 12.6. The third-order valence-corrected chi connectivity index (χ3v) is 2.86. The summed E-state index contributed by atoms with van der Waals surface area (Å²) >= 11 is 0. The van der Waals surface area contributed by atoms with Gasteiger partial charge in [0.2, 0.25) is 0 Å². The molecule has 0 aliphatic rings. The van der Waals surface area contributed by atoms with Crippen LogP contribution in [0.15, 0.2) is 53.7 Å². The van der Waals surface area contributed by atoms with Crippen LogP contribution in [0.25, 0.3) is 0 Å². The second-order valence-electron chi connectivity index (χ2n) is 4.94. The third-order valence-electron chi connectivity index (χ3n) is 2.86. The van der Waals surface area contributed by atoms with Crippen LogP contribution >= 0.6 is 0 Å². The molecular weight excluding hydrogens is 278 g/mol.